The van der Waals surface area contributed by atoms with E-state index in [0.717, 1.165) is 0 Å². The average molecular weight is 454 g/mol. The topological polar surface area (TPSA) is 67.6 Å². The van der Waals surface area contributed by atoms with Crippen molar-refractivity contribution in [1.82, 2.24) is 15.0 Å². The van der Waals surface area contributed by atoms with Crippen LogP contribution in [0.3, 0.4) is 0 Å². The quantitative estimate of drug-likeness (QED) is 0.519. The minimum Gasteiger partial charge on any atom is -0.376 e. The van der Waals surface area contributed by atoms with Gasteiger partial charge in [0.15, 0.2) is 17.4 Å². The van der Waals surface area contributed by atoms with E-state index in [9.17, 15) is 8.78 Å². The first kappa shape index (κ1) is 22.1. The maximum Gasteiger partial charge on any atom is 0.178 e. The second-order valence-corrected chi connectivity index (χ2v) is 8.21. The van der Waals surface area contributed by atoms with E-state index in [1.165, 1.54) is 23.0 Å². The van der Waals surface area contributed by atoms with Crippen LogP contribution in [0.2, 0.25) is 5.02 Å². The van der Waals surface area contributed by atoms with E-state index in [-0.39, 0.29) is 16.3 Å². The molecule has 0 N–H and O–H groups in total. The van der Waals surface area contributed by atoms with Crippen LogP contribution in [0, 0.1) is 11.6 Å². The molecule has 10 heteroatoms. The van der Waals surface area contributed by atoms with Gasteiger partial charge in [-0.2, -0.15) is 0 Å². The summed E-state index contributed by atoms with van der Waals surface area (Å²) in [5.41, 5.74) is 2.82. The molecule has 1 aromatic heterocycles. The van der Waals surface area contributed by atoms with Gasteiger partial charge in [-0.25, -0.2) is 13.5 Å². The van der Waals surface area contributed by atoms with Crippen LogP contribution in [0.25, 0.3) is 11.3 Å². The number of hydrogen-bond acceptors (Lipinski definition) is 6. The lowest BCUT2D eigenvalue weighted by Gasteiger charge is -2.50. The highest BCUT2D eigenvalue weighted by Crippen LogP contribution is 2.40. The van der Waals surface area contributed by atoms with Crippen LogP contribution in [0.4, 0.5) is 8.78 Å². The van der Waals surface area contributed by atoms with Gasteiger partial charge in [0.25, 0.3) is 0 Å². The van der Waals surface area contributed by atoms with Crippen LogP contribution in [0.1, 0.15) is 19.9 Å². The molecular formula is C21H22ClF2N3O4. The Labute approximate surface area is 183 Å². The summed E-state index contributed by atoms with van der Waals surface area (Å²) in [5, 5.41) is 7.92. The lowest BCUT2D eigenvalue weighted by Crippen LogP contribution is -2.62. The second kappa shape index (κ2) is 8.43. The van der Waals surface area contributed by atoms with Gasteiger partial charge >= 0.3 is 0 Å². The zero-order valence-electron chi connectivity index (χ0n) is 17.2. The van der Waals surface area contributed by atoms with Gasteiger partial charge in [-0.05, 0) is 32.1 Å². The number of nitrogens with zero attached hydrogens (tertiary/aromatic N) is 3. The second-order valence-electron chi connectivity index (χ2n) is 7.80. The van der Waals surface area contributed by atoms with Crippen molar-refractivity contribution < 1.29 is 27.7 Å². The molecular weight excluding hydrogens is 432 g/mol. The molecule has 0 unspecified atom stereocenters. The highest BCUT2D eigenvalue weighted by molar-refractivity contribution is 6.30. The molecule has 2 saturated heterocycles. The van der Waals surface area contributed by atoms with Gasteiger partial charge in [0.05, 0.1) is 17.8 Å². The van der Waals surface area contributed by atoms with Crippen LogP contribution in [-0.4, -0.2) is 58.9 Å². The van der Waals surface area contributed by atoms with Gasteiger partial charge in [-0.15, -0.1) is 10.8 Å². The number of benzene rings is 1. The number of methoxy groups -OCH3 is 1. The zero-order valence-corrected chi connectivity index (χ0v) is 18.0. The van der Waals surface area contributed by atoms with Crippen LogP contribution < -0.4 is 0 Å². The van der Waals surface area contributed by atoms with E-state index < -0.39 is 47.9 Å². The minimum absolute atomic E-state index is 0.0542. The standard InChI is InChI=1S/C21H22ClF2N3O4/c1-5-6-14-19(28-4)18(20-15(30-14)10-29-21(2,3)31-20)27-9-13(25-26-27)11-7-8-12(22)17(24)16(11)23/h6-9,14-15,18-20H,1,10H2,2-4H3/t14-,15-,18-,19+,20+/m1/s1. The maximum atomic E-state index is 14.4. The third-order valence-corrected chi connectivity index (χ3v) is 5.68. The van der Waals surface area contributed by atoms with E-state index in [4.69, 9.17) is 30.5 Å². The molecule has 0 amide bonds. The predicted molar refractivity (Wildman–Crippen MR) is 107 cm³/mol. The van der Waals surface area contributed by atoms with Crippen molar-refractivity contribution in [2.24, 2.45) is 0 Å². The van der Waals surface area contributed by atoms with E-state index >= 15 is 0 Å². The van der Waals surface area contributed by atoms with Crippen LogP contribution in [0.15, 0.2) is 36.7 Å². The molecule has 4 rings (SSSR count). The summed E-state index contributed by atoms with van der Waals surface area (Å²) in [7, 11) is 1.54. The summed E-state index contributed by atoms with van der Waals surface area (Å²) in [6, 6.07) is 2.13. The smallest absolute Gasteiger partial charge is 0.178 e. The van der Waals surface area contributed by atoms with Crippen molar-refractivity contribution in [3.63, 3.8) is 0 Å². The van der Waals surface area contributed by atoms with Crippen molar-refractivity contribution in [2.45, 2.75) is 50.1 Å². The molecule has 2 fully saturated rings. The summed E-state index contributed by atoms with van der Waals surface area (Å²) < 4.78 is 53.6. The molecule has 0 aliphatic carbocycles. The van der Waals surface area contributed by atoms with Crippen molar-refractivity contribution in [2.75, 3.05) is 13.7 Å². The van der Waals surface area contributed by atoms with E-state index in [1.807, 2.05) is 0 Å². The molecule has 31 heavy (non-hydrogen) atoms. The van der Waals surface area contributed by atoms with Crippen LogP contribution in [0.5, 0.6) is 0 Å². The Bertz CT molecular complexity index is 1020. The number of fused-ring (bicyclic) bond motifs is 1. The number of ether oxygens (including phenoxy) is 4. The largest absolute Gasteiger partial charge is 0.376 e. The molecule has 5 atom stereocenters. The molecule has 2 aliphatic heterocycles. The molecule has 2 aromatic rings. The minimum atomic E-state index is -1.14. The Balaban J connectivity index is 1.76. The summed E-state index contributed by atoms with van der Waals surface area (Å²) in [5.74, 6) is -3.08. The lowest BCUT2D eigenvalue weighted by molar-refractivity contribution is -0.345. The van der Waals surface area contributed by atoms with Crippen LogP contribution in [-0.2, 0) is 18.9 Å². The summed E-state index contributed by atoms with van der Waals surface area (Å²) in [4.78, 5) is 0. The van der Waals surface area contributed by atoms with Gasteiger partial charge in [0.1, 0.15) is 36.2 Å². The molecule has 0 bridgehead atoms. The Morgan fingerprint density at radius 1 is 1.35 bits per heavy atom. The monoisotopic (exact) mass is 453 g/mol. The summed E-state index contributed by atoms with van der Waals surface area (Å²) in [6.07, 6.45) is 1.22. The molecule has 7 nitrogen and oxygen atoms in total. The van der Waals surface area contributed by atoms with Gasteiger partial charge in [-0.3, -0.25) is 0 Å². The van der Waals surface area contributed by atoms with E-state index in [0.29, 0.717) is 6.61 Å². The fourth-order valence-corrected chi connectivity index (χ4v) is 4.12. The van der Waals surface area contributed by atoms with Gasteiger partial charge in [0.2, 0.25) is 0 Å². The Morgan fingerprint density at radius 3 is 2.84 bits per heavy atom. The summed E-state index contributed by atoms with van der Waals surface area (Å²) >= 11 is 5.66. The van der Waals surface area contributed by atoms with E-state index in [1.54, 1.807) is 27.0 Å². The average Bonchev–Trinajstić information content (AvgIpc) is 3.20. The Morgan fingerprint density at radius 2 is 2.13 bits per heavy atom. The Kier molecular flexibility index (Phi) is 6.00. The predicted octanol–water partition coefficient (Wildman–Crippen LogP) is 3.69. The molecule has 3 heterocycles. The molecule has 0 spiro atoms. The third-order valence-electron chi connectivity index (χ3n) is 5.39. The summed E-state index contributed by atoms with van der Waals surface area (Å²) in [6.45, 7) is 7.52. The molecule has 0 saturated carbocycles. The van der Waals surface area contributed by atoms with Gasteiger partial charge in [-0.1, -0.05) is 23.4 Å². The maximum absolute atomic E-state index is 14.4. The van der Waals surface area contributed by atoms with Crippen molar-refractivity contribution in [1.29, 1.82) is 0 Å². The molecule has 1 aromatic carbocycles. The normalized spacial score (nSPS) is 29.8. The molecule has 2 aliphatic rings. The highest BCUT2D eigenvalue weighted by Gasteiger charge is 2.52. The van der Waals surface area contributed by atoms with Crippen molar-refractivity contribution >= 4 is 11.6 Å². The lowest BCUT2D eigenvalue weighted by atomic mass is 9.91. The fourth-order valence-electron chi connectivity index (χ4n) is 3.98. The van der Waals surface area contributed by atoms with E-state index in [2.05, 4.69) is 22.6 Å². The number of hydrogen-bond donors (Lipinski definition) is 0. The fraction of sp³-hybridized carbons (Fsp3) is 0.476. The van der Waals surface area contributed by atoms with Gasteiger partial charge in [0, 0.05) is 12.7 Å². The van der Waals surface area contributed by atoms with Crippen LogP contribution >= 0.6 is 11.6 Å². The SMILES string of the molecule is C=C=C[C@H]1O[C@@H]2COC(C)(C)O[C@@H]2[C@H](n2cc(-c3ccc(Cl)c(F)c3F)nn2)[C@H]1OC. The Hall–Kier alpha value is -2.13. The first-order valence-corrected chi connectivity index (χ1v) is 10.0. The van der Waals surface area contributed by atoms with Crippen molar-refractivity contribution in [3.05, 3.63) is 53.4 Å². The highest BCUT2D eigenvalue weighted by atomic mass is 35.5. The number of aromatic nitrogens is 3. The molecule has 166 valence electrons. The first-order valence-electron chi connectivity index (χ1n) is 9.67. The van der Waals surface area contributed by atoms with Crippen molar-refractivity contribution in [3.8, 4) is 11.3 Å². The third kappa shape index (κ3) is 4.05. The number of rotatable bonds is 4. The molecule has 0 radical (unpaired) electrons. The zero-order chi connectivity index (χ0) is 22.3. The number of halogens is 3. The van der Waals surface area contributed by atoms with Gasteiger partial charge < -0.3 is 18.9 Å². The first-order chi connectivity index (χ1) is 14.8.